The van der Waals surface area contributed by atoms with Gasteiger partial charge in [0.25, 0.3) is 0 Å². The number of benzene rings is 2. The normalized spacial score (nSPS) is 19.8. The summed E-state index contributed by atoms with van der Waals surface area (Å²) in [7, 11) is -3.55. The Labute approximate surface area is 185 Å². The van der Waals surface area contributed by atoms with Crippen molar-refractivity contribution in [2.45, 2.75) is 32.5 Å². The summed E-state index contributed by atoms with van der Waals surface area (Å²) in [6, 6.07) is 16.8. The molecule has 1 saturated heterocycles. The average Bonchev–Trinajstić information content (AvgIpc) is 2.76. The Hall–Kier alpha value is -2.26. The van der Waals surface area contributed by atoms with E-state index in [0.717, 1.165) is 18.7 Å². The highest BCUT2D eigenvalue weighted by atomic mass is 32.2. The largest absolute Gasteiger partial charge is 0.324 e. The van der Waals surface area contributed by atoms with Crippen LogP contribution in [0.25, 0.3) is 0 Å². The third-order valence-electron chi connectivity index (χ3n) is 5.47. The predicted octanol–water partition coefficient (Wildman–Crippen LogP) is 1.85. The SMILES string of the molecule is C[C@@H]1CN(CCS(=O)(=O)N(Cc2ccc(C(=O)CN)cc2)c2ccccc2)C[C@H](C)N1. The Morgan fingerprint density at radius 1 is 1.06 bits per heavy atom. The minimum atomic E-state index is -3.55. The zero-order chi connectivity index (χ0) is 22.4. The highest BCUT2D eigenvalue weighted by molar-refractivity contribution is 7.92. The molecule has 0 bridgehead atoms. The molecule has 2 aromatic rings. The summed E-state index contributed by atoms with van der Waals surface area (Å²) in [5.41, 5.74) is 7.39. The molecule has 1 aliphatic rings. The minimum Gasteiger partial charge on any atom is -0.324 e. The van der Waals surface area contributed by atoms with Gasteiger partial charge in [0.15, 0.2) is 5.78 Å². The number of nitrogens with two attached hydrogens (primary N) is 1. The van der Waals surface area contributed by atoms with E-state index in [9.17, 15) is 13.2 Å². The smallest absolute Gasteiger partial charge is 0.236 e. The number of carbonyl (C=O) groups excluding carboxylic acids is 1. The zero-order valence-corrected chi connectivity index (χ0v) is 19.0. The second kappa shape index (κ2) is 10.4. The van der Waals surface area contributed by atoms with Gasteiger partial charge in [0.05, 0.1) is 24.5 Å². The maximum absolute atomic E-state index is 13.4. The summed E-state index contributed by atoms with van der Waals surface area (Å²) in [4.78, 5) is 14.0. The average molecular weight is 445 g/mol. The fraction of sp³-hybridized carbons (Fsp3) is 0.435. The van der Waals surface area contributed by atoms with E-state index in [2.05, 4.69) is 24.1 Å². The first-order chi connectivity index (χ1) is 14.8. The van der Waals surface area contributed by atoms with Crippen molar-refractivity contribution in [1.82, 2.24) is 10.2 Å². The van der Waals surface area contributed by atoms with E-state index >= 15 is 0 Å². The number of para-hydroxylation sites is 1. The van der Waals surface area contributed by atoms with Gasteiger partial charge in [-0.2, -0.15) is 0 Å². The maximum Gasteiger partial charge on any atom is 0.236 e. The molecule has 3 rings (SSSR count). The summed E-state index contributed by atoms with van der Waals surface area (Å²) in [5, 5.41) is 3.47. The predicted molar refractivity (Wildman–Crippen MR) is 125 cm³/mol. The molecule has 0 aromatic heterocycles. The van der Waals surface area contributed by atoms with Crippen molar-refractivity contribution in [2.75, 3.05) is 36.2 Å². The zero-order valence-electron chi connectivity index (χ0n) is 18.2. The van der Waals surface area contributed by atoms with Crippen molar-refractivity contribution >= 4 is 21.5 Å². The van der Waals surface area contributed by atoms with Gasteiger partial charge in [0, 0.05) is 37.3 Å². The van der Waals surface area contributed by atoms with E-state index in [4.69, 9.17) is 5.73 Å². The first-order valence-corrected chi connectivity index (χ1v) is 12.3. The van der Waals surface area contributed by atoms with Crippen LogP contribution in [0.2, 0.25) is 0 Å². The van der Waals surface area contributed by atoms with Crippen LogP contribution in [0.5, 0.6) is 0 Å². The number of nitrogens with zero attached hydrogens (tertiary/aromatic N) is 2. The summed E-state index contributed by atoms with van der Waals surface area (Å²) < 4.78 is 28.2. The summed E-state index contributed by atoms with van der Waals surface area (Å²) in [6.45, 7) is 6.56. The van der Waals surface area contributed by atoms with E-state index in [1.54, 1.807) is 36.4 Å². The number of hydrogen-bond acceptors (Lipinski definition) is 6. The molecule has 1 fully saturated rings. The molecule has 31 heavy (non-hydrogen) atoms. The second-order valence-corrected chi connectivity index (χ2v) is 10.2. The van der Waals surface area contributed by atoms with Crippen molar-refractivity contribution in [1.29, 1.82) is 0 Å². The van der Waals surface area contributed by atoms with Crippen LogP contribution < -0.4 is 15.4 Å². The monoisotopic (exact) mass is 444 g/mol. The number of nitrogens with one attached hydrogen (secondary N) is 1. The van der Waals surface area contributed by atoms with Crippen LogP contribution in [0.1, 0.15) is 29.8 Å². The van der Waals surface area contributed by atoms with Crippen molar-refractivity contribution < 1.29 is 13.2 Å². The van der Waals surface area contributed by atoms with E-state index in [1.165, 1.54) is 4.31 Å². The molecular weight excluding hydrogens is 412 g/mol. The number of ketones is 1. The van der Waals surface area contributed by atoms with Gasteiger partial charge < -0.3 is 11.1 Å². The van der Waals surface area contributed by atoms with Gasteiger partial charge in [-0.05, 0) is 31.5 Å². The molecule has 2 aromatic carbocycles. The number of hydrogen-bond donors (Lipinski definition) is 2. The Morgan fingerprint density at radius 3 is 2.26 bits per heavy atom. The Bertz CT molecular complexity index is 954. The Morgan fingerprint density at radius 2 is 1.68 bits per heavy atom. The molecule has 0 spiro atoms. The number of Topliss-reactive ketones (excluding diaryl/α,β-unsaturated/α-hetero) is 1. The van der Waals surface area contributed by atoms with Crippen LogP contribution in [0.15, 0.2) is 54.6 Å². The molecule has 7 nitrogen and oxygen atoms in total. The highest BCUT2D eigenvalue weighted by Crippen LogP contribution is 2.22. The van der Waals surface area contributed by atoms with E-state index in [1.807, 2.05) is 18.2 Å². The third kappa shape index (κ3) is 6.36. The molecule has 0 aliphatic carbocycles. The number of anilines is 1. The van der Waals surface area contributed by atoms with Crippen LogP contribution in [0.3, 0.4) is 0 Å². The molecule has 1 aliphatic heterocycles. The van der Waals surface area contributed by atoms with Crippen molar-refractivity contribution in [3.8, 4) is 0 Å². The molecule has 0 amide bonds. The first-order valence-electron chi connectivity index (χ1n) is 10.6. The number of piperazine rings is 1. The lowest BCUT2D eigenvalue weighted by Gasteiger charge is -2.36. The van der Waals surface area contributed by atoms with Gasteiger partial charge in [-0.1, -0.05) is 42.5 Å². The topological polar surface area (TPSA) is 95.7 Å². The lowest BCUT2D eigenvalue weighted by molar-refractivity contribution is 0.100. The summed E-state index contributed by atoms with van der Waals surface area (Å²) in [5.74, 6) is -0.0935. The summed E-state index contributed by atoms with van der Waals surface area (Å²) in [6.07, 6.45) is 0. The minimum absolute atomic E-state index is 0.0467. The maximum atomic E-state index is 13.4. The van der Waals surface area contributed by atoms with E-state index in [0.29, 0.717) is 29.9 Å². The van der Waals surface area contributed by atoms with Crippen LogP contribution in [0.4, 0.5) is 5.69 Å². The molecule has 0 radical (unpaired) electrons. The summed E-state index contributed by atoms with van der Waals surface area (Å²) >= 11 is 0. The van der Waals surface area contributed by atoms with Crippen LogP contribution in [0, 0.1) is 0 Å². The van der Waals surface area contributed by atoms with E-state index < -0.39 is 10.0 Å². The van der Waals surface area contributed by atoms with Gasteiger partial charge in [-0.3, -0.25) is 14.0 Å². The van der Waals surface area contributed by atoms with Gasteiger partial charge >= 0.3 is 0 Å². The fourth-order valence-corrected chi connectivity index (χ4v) is 5.50. The molecule has 168 valence electrons. The standard InChI is InChI=1S/C23H32N4O3S/c1-18-15-26(16-19(2)25-18)12-13-31(29,30)27(22-6-4-3-5-7-22)17-20-8-10-21(11-9-20)23(28)14-24/h3-11,18-19,25H,12-17,24H2,1-2H3/t18-,19+. The lowest BCUT2D eigenvalue weighted by Crippen LogP contribution is -2.55. The number of rotatable bonds is 9. The molecule has 8 heteroatoms. The quantitative estimate of drug-likeness (QED) is 0.573. The Kier molecular flexibility index (Phi) is 7.83. The van der Waals surface area contributed by atoms with Gasteiger partial charge in [0.1, 0.15) is 0 Å². The molecule has 1 heterocycles. The molecule has 0 saturated carbocycles. The molecule has 3 N–H and O–H groups in total. The second-order valence-electron chi connectivity index (χ2n) is 8.21. The number of carbonyl (C=O) groups is 1. The van der Waals surface area contributed by atoms with Gasteiger partial charge in [-0.25, -0.2) is 8.42 Å². The van der Waals surface area contributed by atoms with Crippen molar-refractivity contribution in [2.24, 2.45) is 5.73 Å². The first kappa shape index (κ1) is 23.4. The van der Waals surface area contributed by atoms with Gasteiger partial charge in [-0.15, -0.1) is 0 Å². The van der Waals surface area contributed by atoms with Crippen molar-refractivity contribution in [3.63, 3.8) is 0 Å². The van der Waals surface area contributed by atoms with Crippen LogP contribution in [-0.4, -0.2) is 63.1 Å². The molecular formula is C23H32N4O3S. The highest BCUT2D eigenvalue weighted by Gasteiger charge is 2.26. The third-order valence-corrected chi connectivity index (χ3v) is 7.18. The van der Waals surface area contributed by atoms with Crippen LogP contribution in [-0.2, 0) is 16.6 Å². The van der Waals surface area contributed by atoms with Crippen LogP contribution >= 0.6 is 0 Å². The lowest BCUT2D eigenvalue weighted by atomic mass is 10.1. The Balaban J connectivity index is 1.77. The van der Waals surface area contributed by atoms with E-state index in [-0.39, 0.29) is 24.6 Å². The number of sulfonamides is 1. The molecule has 0 unspecified atom stereocenters. The van der Waals surface area contributed by atoms with Gasteiger partial charge in [0.2, 0.25) is 10.0 Å². The molecule has 2 atom stereocenters. The van der Waals surface area contributed by atoms with Crippen molar-refractivity contribution in [3.05, 3.63) is 65.7 Å². The fourth-order valence-electron chi connectivity index (χ4n) is 4.00.